The van der Waals surface area contributed by atoms with Crippen molar-refractivity contribution in [3.8, 4) is 0 Å². The average Bonchev–Trinajstić information content (AvgIpc) is 2.37. The quantitative estimate of drug-likeness (QED) is 0.607. The molecule has 0 saturated heterocycles. The number of rotatable bonds is 9. The van der Waals surface area contributed by atoms with Gasteiger partial charge in [-0.1, -0.05) is 51.7 Å². The first-order valence-corrected chi connectivity index (χ1v) is 8.04. The lowest BCUT2D eigenvalue weighted by molar-refractivity contribution is 0.512. The smallest absolute Gasteiger partial charge is 0.137 e. The molecule has 0 aromatic heterocycles. The third-order valence-electron chi connectivity index (χ3n) is 3.23. The molecule has 0 spiro atoms. The maximum absolute atomic E-state index is 13.3. The Bertz CT molecular complexity index is 366. The SMILES string of the molecule is CC(C)CCCCCCNCc1cccc(F)c1Br. The summed E-state index contributed by atoms with van der Waals surface area (Å²) in [4.78, 5) is 0. The van der Waals surface area contributed by atoms with Gasteiger partial charge in [-0.2, -0.15) is 0 Å². The number of nitrogens with one attached hydrogen (secondary N) is 1. The molecule has 1 rings (SSSR count). The van der Waals surface area contributed by atoms with Crippen molar-refractivity contribution in [2.75, 3.05) is 6.54 Å². The molecule has 1 nitrogen and oxygen atoms in total. The predicted octanol–water partition coefficient (Wildman–Crippen LogP) is 5.28. The minimum atomic E-state index is -0.187. The van der Waals surface area contributed by atoms with E-state index in [9.17, 15) is 4.39 Å². The minimum absolute atomic E-state index is 0.187. The molecule has 0 atom stereocenters. The van der Waals surface area contributed by atoms with Crippen LogP contribution in [0.3, 0.4) is 0 Å². The molecule has 0 amide bonds. The summed E-state index contributed by atoms with van der Waals surface area (Å²) in [5.41, 5.74) is 0.986. The molecule has 1 aromatic rings. The molecule has 108 valence electrons. The number of hydrogen-bond acceptors (Lipinski definition) is 1. The molecule has 1 N–H and O–H groups in total. The van der Waals surface area contributed by atoms with Gasteiger partial charge in [-0.15, -0.1) is 0 Å². The van der Waals surface area contributed by atoms with Crippen LogP contribution in [0.1, 0.15) is 51.5 Å². The van der Waals surface area contributed by atoms with Crippen molar-refractivity contribution < 1.29 is 4.39 Å². The zero-order valence-corrected chi connectivity index (χ0v) is 13.6. The van der Waals surface area contributed by atoms with Crippen LogP contribution in [0.25, 0.3) is 0 Å². The van der Waals surface area contributed by atoms with Crippen LogP contribution in [-0.2, 0) is 6.54 Å². The number of hydrogen-bond donors (Lipinski definition) is 1. The Morgan fingerprint density at radius 2 is 1.89 bits per heavy atom. The van der Waals surface area contributed by atoms with Gasteiger partial charge in [-0.3, -0.25) is 0 Å². The van der Waals surface area contributed by atoms with E-state index in [0.717, 1.165) is 24.6 Å². The van der Waals surface area contributed by atoms with Crippen LogP contribution in [0.4, 0.5) is 4.39 Å². The van der Waals surface area contributed by atoms with Gasteiger partial charge in [0.05, 0.1) is 4.47 Å². The highest BCUT2D eigenvalue weighted by atomic mass is 79.9. The Labute approximate surface area is 125 Å². The first-order chi connectivity index (χ1) is 9.11. The van der Waals surface area contributed by atoms with E-state index in [1.54, 1.807) is 6.07 Å². The van der Waals surface area contributed by atoms with Crippen molar-refractivity contribution in [3.63, 3.8) is 0 Å². The van der Waals surface area contributed by atoms with Crippen LogP contribution in [0.5, 0.6) is 0 Å². The van der Waals surface area contributed by atoms with Crippen LogP contribution < -0.4 is 5.32 Å². The molecule has 0 heterocycles. The number of halogens is 2. The molecule has 0 aliphatic rings. The lowest BCUT2D eigenvalue weighted by Crippen LogP contribution is -2.15. The van der Waals surface area contributed by atoms with Crippen LogP contribution in [0.15, 0.2) is 22.7 Å². The topological polar surface area (TPSA) is 12.0 Å². The van der Waals surface area contributed by atoms with Gasteiger partial charge in [0.2, 0.25) is 0 Å². The Morgan fingerprint density at radius 1 is 1.16 bits per heavy atom. The van der Waals surface area contributed by atoms with Crippen LogP contribution >= 0.6 is 15.9 Å². The van der Waals surface area contributed by atoms with Crippen molar-refractivity contribution in [2.24, 2.45) is 5.92 Å². The van der Waals surface area contributed by atoms with Crippen molar-refractivity contribution in [1.29, 1.82) is 0 Å². The Balaban J connectivity index is 2.06. The highest BCUT2D eigenvalue weighted by molar-refractivity contribution is 9.10. The summed E-state index contributed by atoms with van der Waals surface area (Å²) in [6.07, 6.45) is 6.48. The molecule has 1 aromatic carbocycles. The highest BCUT2D eigenvalue weighted by Gasteiger charge is 2.03. The van der Waals surface area contributed by atoms with Crippen molar-refractivity contribution in [1.82, 2.24) is 5.32 Å². The fourth-order valence-corrected chi connectivity index (χ4v) is 2.47. The van der Waals surface area contributed by atoms with Gasteiger partial charge in [0.15, 0.2) is 0 Å². The fraction of sp³-hybridized carbons (Fsp3) is 0.625. The predicted molar refractivity (Wildman–Crippen MR) is 83.7 cm³/mol. The third-order valence-corrected chi connectivity index (χ3v) is 4.12. The van der Waals surface area contributed by atoms with Gasteiger partial charge in [0, 0.05) is 6.54 Å². The maximum Gasteiger partial charge on any atom is 0.137 e. The fourth-order valence-electron chi connectivity index (χ4n) is 2.06. The van der Waals surface area contributed by atoms with E-state index < -0.39 is 0 Å². The van der Waals surface area contributed by atoms with E-state index in [1.807, 2.05) is 6.07 Å². The second-order valence-electron chi connectivity index (χ2n) is 5.49. The summed E-state index contributed by atoms with van der Waals surface area (Å²) in [6, 6.07) is 5.17. The lowest BCUT2D eigenvalue weighted by atomic mass is 10.0. The monoisotopic (exact) mass is 329 g/mol. The summed E-state index contributed by atoms with van der Waals surface area (Å²) in [7, 11) is 0. The minimum Gasteiger partial charge on any atom is -0.313 e. The largest absolute Gasteiger partial charge is 0.313 e. The normalized spacial score (nSPS) is 11.2. The van der Waals surface area contributed by atoms with Gasteiger partial charge < -0.3 is 5.32 Å². The molecular formula is C16H25BrFN. The molecule has 0 unspecified atom stereocenters. The van der Waals surface area contributed by atoms with Crippen molar-refractivity contribution >= 4 is 15.9 Å². The molecule has 3 heteroatoms. The molecule has 0 fully saturated rings. The van der Waals surface area contributed by atoms with Gasteiger partial charge >= 0.3 is 0 Å². The summed E-state index contributed by atoms with van der Waals surface area (Å²) < 4.78 is 13.9. The molecule has 0 aliphatic heterocycles. The Kier molecular flexibility index (Phi) is 8.31. The summed E-state index contributed by atoms with van der Waals surface area (Å²) >= 11 is 3.28. The number of unbranched alkanes of at least 4 members (excludes halogenated alkanes) is 3. The van der Waals surface area contributed by atoms with Crippen LogP contribution in [0.2, 0.25) is 0 Å². The molecule has 0 aliphatic carbocycles. The Hall–Kier alpha value is -0.410. The zero-order valence-electron chi connectivity index (χ0n) is 12.0. The molecule has 19 heavy (non-hydrogen) atoms. The van der Waals surface area contributed by atoms with E-state index in [4.69, 9.17) is 0 Å². The molecule has 0 saturated carbocycles. The van der Waals surface area contributed by atoms with Crippen LogP contribution in [0, 0.1) is 11.7 Å². The molecular weight excluding hydrogens is 305 g/mol. The van der Waals surface area contributed by atoms with E-state index in [0.29, 0.717) is 4.47 Å². The van der Waals surface area contributed by atoms with Gasteiger partial charge in [0.1, 0.15) is 5.82 Å². The second kappa shape index (κ2) is 9.49. The third kappa shape index (κ3) is 7.07. The second-order valence-corrected chi connectivity index (χ2v) is 6.28. The maximum atomic E-state index is 13.3. The Morgan fingerprint density at radius 3 is 2.63 bits per heavy atom. The van der Waals surface area contributed by atoms with Crippen molar-refractivity contribution in [2.45, 2.75) is 52.5 Å². The first-order valence-electron chi connectivity index (χ1n) is 7.25. The standard InChI is InChI=1S/C16H25BrFN/c1-13(2)8-5-3-4-6-11-19-12-14-9-7-10-15(18)16(14)17/h7,9-10,13,19H,3-6,8,11-12H2,1-2H3. The van der Waals surface area contributed by atoms with E-state index in [-0.39, 0.29) is 5.82 Å². The van der Waals surface area contributed by atoms with E-state index in [1.165, 1.54) is 38.2 Å². The summed E-state index contributed by atoms with van der Waals surface area (Å²) in [6.45, 7) is 6.28. The van der Waals surface area contributed by atoms with Gasteiger partial charge in [-0.05, 0) is 46.4 Å². The van der Waals surface area contributed by atoms with E-state index in [2.05, 4.69) is 35.1 Å². The first kappa shape index (κ1) is 16.6. The number of benzene rings is 1. The summed E-state index contributed by atoms with van der Waals surface area (Å²) in [5, 5.41) is 3.37. The van der Waals surface area contributed by atoms with Gasteiger partial charge in [-0.25, -0.2) is 4.39 Å². The van der Waals surface area contributed by atoms with Crippen molar-refractivity contribution in [3.05, 3.63) is 34.1 Å². The average molecular weight is 330 g/mol. The molecule has 0 bridgehead atoms. The lowest BCUT2D eigenvalue weighted by Gasteiger charge is -2.08. The zero-order chi connectivity index (χ0) is 14.1. The van der Waals surface area contributed by atoms with Crippen LogP contribution in [-0.4, -0.2) is 6.54 Å². The van der Waals surface area contributed by atoms with Gasteiger partial charge in [0.25, 0.3) is 0 Å². The highest BCUT2D eigenvalue weighted by Crippen LogP contribution is 2.20. The summed E-state index contributed by atoms with van der Waals surface area (Å²) in [5.74, 6) is 0.636. The van der Waals surface area contributed by atoms with E-state index >= 15 is 0 Å². The molecule has 0 radical (unpaired) electrons.